The minimum atomic E-state index is -4.99. The first-order chi connectivity index (χ1) is 18.1. The van der Waals surface area contributed by atoms with E-state index in [0.717, 1.165) is 5.56 Å². The van der Waals surface area contributed by atoms with Gasteiger partial charge in [0.15, 0.2) is 5.82 Å². The first-order valence-corrected chi connectivity index (χ1v) is 13.3. The highest BCUT2D eigenvalue weighted by Crippen LogP contribution is 2.34. The Hall–Kier alpha value is -3.71. The lowest BCUT2D eigenvalue weighted by Crippen LogP contribution is -2.49. The van der Waals surface area contributed by atoms with Crippen LogP contribution in [-0.2, 0) is 21.2 Å². The Bertz CT molecular complexity index is 1460. The minimum Gasteiger partial charge on any atom is -0.496 e. The summed E-state index contributed by atoms with van der Waals surface area (Å²) in [5, 5.41) is 8.63. The lowest BCUT2D eigenvalue weighted by Gasteiger charge is -2.34. The Morgan fingerprint density at radius 2 is 1.68 bits per heavy atom. The van der Waals surface area contributed by atoms with Crippen LogP contribution in [0.1, 0.15) is 5.56 Å². The van der Waals surface area contributed by atoms with Crippen molar-refractivity contribution in [2.24, 2.45) is 0 Å². The molecule has 2 aromatic carbocycles. The number of carbonyl (C=O) groups is 1. The van der Waals surface area contributed by atoms with E-state index >= 15 is 0 Å². The number of anilines is 2. The Morgan fingerprint density at radius 1 is 0.947 bits per heavy atom. The molecule has 0 saturated carbocycles. The number of nitrogens with zero attached hydrogens (tertiary/aromatic N) is 5. The molecular weight excluding hydrogens is 523 g/mol. The van der Waals surface area contributed by atoms with Crippen LogP contribution in [0, 0.1) is 0 Å². The van der Waals surface area contributed by atoms with E-state index in [-0.39, 0.29) is 36.6 Å². The average molecular weight is 548 g/mol. The van der Waals surface area contributed by atoms with Crippen molar-refractivity contribution in [1.82, 2.24) is 14.5 Å². The maximum Gasteiger partial charge on any atom is 0.471 e. The molecule has 1 fully saturated rings. The quantitative estimate of drug-likeness (QED) is 0.484. The summed E-state index contributed by atoms with van der Waals surface area (Å²) in [4.78, 5) is 14.3. The lowest BCUT2D eigenvalue weighted by molar-refractivity contribution is -0.170. The fraction of sp³-hybridized carbons (Fsp3) is 0.320. The zero-order valence-corrected chi connectivity index (χ0v) is 21.2. The number of fused-ring (bicyclic) bond motifs is 1. The standard InChI is InChI=1S/C25H24F3N5O4S/c1-37-22-5-3-2-4-19(22)20-7-9-23(30-29-20)31-12-14-32(15-13-31)38(35,36)18-6-8-21-17(16-18)10-11-33(21)24(34)25(26,27)28/h2-9,16H,10-15H2,1H3. The average Bonchev–Trinajstić information content (AvgIpc) is 3.35. The molecule has 0 unspecified atom stereocenters. The molecule has 0 aliphatic carbocycles. The van der Waals surface area contributed by atoms with Crippen molar-refractivity contribution in [3.63, 3.8) is 0 Å². The van der Waals surface area contributed by atoms with E-state index in [1.807, 2.05) is 41.3 Å². The number of rotatable bonds is 5. The summed E-state index contributed by atoms with van der Waals surface area (Å²) in [6, 6.07) is 15.0. The molecule has 9 nitrogen and oxygen atoms in total. The summed E-state index contributed by atoms with van der Waals surface area (Å²) in [5.74, 6) is -0.658. The third kappa shape index (κ3) is 4.78. The summed E-state index contributed by atoms with van der Waals surface area (Å²) in [7, 11) is -2.29. The van der Waals surface area contributed by atoms with Gasteiger partial charge in [-0.1, -0.05) is 12.1 Å². The number of amides is 1. The van der Waals surface area contributed by atoms with Gasteiger partial charge < -0.3 is 14.5 Å². The molecule has 1 aromatic heterocycles. The molecule has 200 valence electrons. The largest absolute Gasteiger partial charge is 0.496 e. The van der Waals surface area contributed by atoms with Crippen LogP contribution in [0.4, 0.5) is 24.7 Å². The summed E-state index contributed by atoms with van der Waals surface area (Å²) in [6.45, 7) is 1.04. The molecule has 2 aliphatic rings. The van der Waals surface area contributed by atoms with Crippen LogP contribution in [0.25, 0.3) is 11.3 Å². The molecular formula is C25H24F3N5O4S. The maximum absolute atomic E-state index is 13.3. The lowest BCUT2D eigenvalue weighted by atomic mass is 10.1. The third-order valence-corrected chi connectivity index (χ3v) is 8.56. The van der Waals surface area contributed by atoms with Crippen LogP contribution in [-0.4, -0.2) is 74.8 Å². The molecule has 0 N–H and O–H groups in total. The highest BCUT2D eigenvalue weighted by atomic mass is 32.2. The number of aromatic nitrogens is 2. The van der Waals surface area contributed by atoms with Gasteiger partial charge in [0.25, 0.3) is 0 Å². The Morgan fingerprint density at radius 3 is 2.34 bits per heavy atom. The van der Waals surface area contributed by atoms with E-state index < -0.39 is 22.1 Å². The van der Waals surface area contributed by atoms with Gasteiger partial charge in [-0.15, -0.1) is 10.2 Å². The molecule has 1 amide bonds. The summed E-state index contributed by atoms with van der Waals surface area (Å²) in [5.41, 5.74) is 1.95. The van der Waals surface area contributed by atoms with Crippen molar-refractivity contribution < 1.29 is 31.1 Å². The van der Waals surface area contributed by atoms with E-state index in [4.69, 9.17) is 4.74 Å². The summed E-state index contributed by atoms with van der Waals surface area (Å²) in [6.07, 6.45) is -4.84. The van der Waals surface area contributed by atoms with Crippen molar-refractivity contribution in [2.45, 2.75) is 17.5 Å². The number of methoxy groups -OCH3 is 1. The second-order valence-electron chi connectivity index (χ2n) is 8.86. The monoisotopic (exact) mass is 547 g/mol. The van der Waals surface area contributed by atoms with Crippen molar-refractivity contribution in [3.05, 3.63) is 60.2 Å². The van der Waals surface area contributed by atoms with E-state index in [0.29, 0.717) is 40.8 Å². The van der Waals surface area contributed by atoms with E-state index in [9.17, 15) is 26.4 Å². The molecule has 5 rings (SSSR count). The van der Waals surface area contributed by atoms with E-state index in [1.54, 1.807) is 7.11 Å². The van der Waals surface area contributed by atoms with E-state index in [1.165, 1.54) is 22.5 Å². The number of carbonyl (C=O) groups excluding carboxylic acids is 1. The van der Waals surface area contributed by atoms with Crippen LogP contribution >= 0.6 is 0 Å². The Kier molecular flexibility index (Phi) is 6.73. The van der Waals surface area contributed by atoms with Crippen LogP contribution in [0.3, 0.4) is 0 Å². The first kappa shape index (κ1) is 25.9. The van der Waals surface area contributed by atoms with Gasteiger partial charge in [-0.3, -0.25) is 4.79 Å². The smallest absolute Gasteiger partial charge is 0.471 e. The fourth-order valence-electron chi connectivity index (χ4n) is 4.70. The predicted octanol–water partition coefficient (Wildman–Crippen LogP) is 3.11. The molecule has 0 bridgehead atoms. The molecule has 0 atom stereocenters. The number of ether oxygens (including phenoxy) is 1. The SMILES string of the molecule is COc1ccccc1-c1ccc(N2CCN(S(=O)(=O)c3ccc4c(c3)CCN4C(=O)C(F)(F)F)CC2)nn1. The molecule has 1 saturated heterocycles. The topological polar surface area (TPSA) is 95.9 Å². The van der Waals surface area contributed by atoms with Crippen molar-refractivity contribution >= 4 is 27.4 Å². The second kappa shape index (κ2) is 9.87. The zero-order chi connectivity index (χ0) is 27.1. The van der Waals surface area contributed by atoms with Crippen molar-refractivity contribution in [1.29, 1.82) is 0 Å². The van der Waals surface area contributed by atoms with Gasteiger partial charge in [-0.2, -0.15) is 17.5 Å². The van der Waals surface area contributed by atoms with Gasteiger partial charge >= 0.3 is 12.1 Å². The van der Waals surface area contributed by atoms with Gasteiger partial charge in [-0.05, 0) is 54.4 Å². The van der Waals surface area contributed by atoms with Crippen molar-refractivity contribution in [2.75, 3.05) is 49.6 Å². The van der Waals surface area contributed by atoms with Crippen LogP contribution in [0.2, 0.25) is 0 Å². The predicted molar refractivity (Wildman–Crippen MR) is 134 cm³/mol. The summed E-state index contributed by atoms with van der Waals surface area (Å²) < 4.78 is 71.9. The number of sulfonamides is 1. The maximum atomic E-state index is 13.3. The van der Waals surface area contributed by atoms with Crippen LogP contribution in [0.15, 0.2) is 59.5 Å². The summed E-state index contributed by atoms with van der Waals surface area (Å²) >= 11 is 0. The normalized spacial score (nSPS) is 16.4. The van der Waals surface area contributed by atoms with E-state index in [2.05, 4.69) is 10.2 Å². The Balaban J connectivity index is 1.26. The molecule has 38 heavy (non-hydrogen) atoms. The van der Waals surface area contributed by atoms with Gasteiger partial charge in [-0.25, -0.2) is 8.42 Å². The highest BCUT2D eigenvalue weighted by Gasteiger charge is 2.45. The number of alkyl halides is 3. The van der Waals surface area contributed by atoms with Gasteiger partial charge in [0, 0.05) is 44.0 Å². The molecule has 3 heterocycles. The van der Waals surface area contributed by atoms with Gasteiger partial charge in [0.2, 0.25) is 10.0 Å². The Labute approximate surface area is 217 Å². The van der Waals surface area contributed by atoms with Crippen molar-refractivity contribution in [3.8, 4) is 17.0 Å². The fourth-order valence-corrected chi connectivity index (χ4v) is 6.18. The molecule has 2 aliphatic heterocycles. The van der Waals surface area contributed by atoms with Gasteiger partial charge in [0.1, 0.15) is 5.75 Å². The number of hydrogen-bond acceptors (Lipinski definition) is 7. The minimum absolute atomic E-state index is 0.00744. The number of para-hydroxylation sites is 1. The number of halogens is 3. The number of hydrogen-bond donors (Lipinski definition) is 0. The highest BCUT2D eigenvalue weighted by molar-refractivity contribution is 7.89. The molecule has 13 heteroatoms. The van der Waals surface area contributed by atoms with Gasteiger partial charge in [0.05, 0.1) is 17.7 Å². The first-order valence-electron chi connectivity index (χ1n) is 11.8. The molecule has 0 radical (unpaired) electrons. The molecule has 0 spiro atoms. The number of piperazine rings is 1. The molecule has 3 aromatic rings. The third-order valence-electron chi connectivity index (χ3n) is 6.67. The van der Waals surface area contributed by atoms with Crippen LogP contribution in [0.5, 0.6) is 5.75 Å². The zero-order valence-electron chi connectivity index (χ0n) is 20.3. The number of benzene rings is 2. The van der Waals surface area contributed by atoms with Crippen LogP contribution < -0.4 is 14.5 Å². The second-order valence-corrected chi connectivity index (χ2v) is 10.8.